The Bertz CT molecular complexity index is 2040. The van der Waals surface area contributed by atoms with Crippen molar-refractivity contribution in [3.8, 4) is 44.9 Å². The summed E-state index contributed by atoms with van der Waals surface area (Å²) in [5.41, 5.74) is 7.45. The van der Waals surface area contributed by atoms with Crippen LogP contribution in [-0.2, 0) is 0 Å². The van der Waals surface area contributed by atoms with E-state index < -0.39 is 0 Å². The van der Waals surface area contributed by atoms with Crippen LogP contribution in [0.3, 0.4) is 0 Å². The maximum Gasteiger partial charge on any atom is 0.277 e. The van der Waals surface area contributed by atoms with Crippen molar-refractivity contribution in [2.24, 2.45) is 0 Å². The molecule has 2 aromatic heterocycles. The van der Waals surface area contributed by atoms with Gasteiger partial charge in [0.15, 0.2) is 5.82 Å². The van der Waals surface area contributed by atoms with Crippen molar-refractivity contribution >= 4 is 37.3 Å². The maximum atomic E-state index is 11.7. The van der Waals surface area contributed by atoms with Crippen molar-refractivity contribution < 1.29 is 4.92 Å². The van der Waals surface area contributed by atoms with E-state index in [1.807, 2.05) is 72.8 Å². The minimum Gasteiger partial charge on any atom is -0.258 e. The highest BCUT2D eigenvalue weighted by Crippen LogP contribution is 2.42. The van der Waals surface area contributed by atoms with E-state index in [4.69, 9.17) is 9.97 Å². The molecule has 0 N–H and O–H groups in total. The minimum atomic E-state index is -0.333. The van der Waals surface area contributed by atoms with Gasteiger partial charge in [-0.1, -0.05) is 103 Å². The number of nitro groups is 1. The number of nitro benzene ring substituents is 1. The Morgan fingerprint density at radius 3 is 2.05 bits per heavy atom. The molecule has 0 amide bonds. The molecule has 40 heavy (non-hydrogen) atoms. The molecule has 7 aromatic rings. The first kappa shape index (κ1) is 23.9. The van der Waals surface area contributed by atoms with Crippen LogP contribution in [0.2, 0.25) is 0 Å². The van der Waals surface area contributed by atoms with Crippen molar-refractivity contribution in [3.05, 3.63) is 138 Å². The van der Waals surface area contributed by atoms with Gasteiger partial charge in [0, 0.05) is 27.3 Å². The van der Waals surface area contributed by atoms with E-state index in [9.17, 15) is 10.1 Å². The lowest BCUT2D eigenvalue weighted by molar-refractivity contribution is -0.384. The fraction of sp³-hybridized carbons (Fsp3) is 0. The lowest BCUT2D eigenvalue weighted by atomic mass is 10.0. The molecule has 0 spiro atoms. The summed E-state index contributed by atoms with van der Waals surface area (Å²) in [6.45, 7) is 0. The number of fused-ring (bicyclic) bond motifs is 3. The number of hydrogen-bond acceptors (Lipinski definition) is 5. The fourth-order valence-electron chi connectivity index (χ4n) is 5.08. The van der Waals surface area contributed by atoms with Gasteiger partial charge in [-0.3, -0.25) is 10.1 Å². The van der Waals surface area contributed by atoms with E-state index in [1.165, 1.54) is 0 Å². The van der Waals surface area contributed by atoms with Gasteiger partial charge in [-0.05, 0) is 34.9 Å². The molecule has 0 aliphatic carbocycles. The van der Waals surface area contributed by atoms with Crippen molar-refractivity contribution in [3.63, 3.8) is 0 Å². The zero-order valence-corrected chi connectivity index (χ0v) is 22.0. The van der Waals surface area contributed by atoms with Crippen LogP contribution < -0.4 is 0 Å². The molecule has 0 unspecified atom stereocenters. The van der Waals surface area contributed by atoms with Crippen molar-refractivity contribution in [1.82, 2.24) is 9.97 Å². The van der Waals surface area contributed by atoms with Crippen LogP contribution >= 0.6 is 11.3 Å². The Hall–Kier alpha value is -5.20. The zero-order chi connectivity index (χ0) is 27.1. The quantitative estimate of drug-likeness (QED) is 0.163. The summed E-state index contributed by atoms with van der Waals surface area (Å²) in [6, 6.07) is 41.6. The summed E-state index contributed by atoms with van der Waals surface area (Å²) >= 11 is 1.62. The summed E-state index contributed by atoms with van der Waals surface area (Å²) < 4.78 is 1.99. The van der Waals surface area contributed by atoms with E-state index in [2.05, 4.69) is 36.4 Å². The van der Waals surface area contributed by atoms with Crippen LogP contribution in [0.5, 0.6) is 0 Å². The van der Waals surface area contributed by atoms with Crippen LogP contribution in [0.15, 0.2) is 127 Å². The van der Waals surface area contributed by atoms with Crippen LogP contribution in [0.1, 0.15) is 0 Å². The zero-order valence-electron chi connectivity index (χ0n) is 21.2. The van der Waals surface area contributed by atoms with Crippen LogP contribution in [0.25, 0.3) is 65.2 Å². The lowest BCUT2D eigenvalue weighted by Crippen LogP contribution is -1.93. The molecule has 0 saturated heterocycles. The van der Waals surface area contributed by atoms with Gasteiger partial charge >= 0.3 is 0 Å². The Labute approximate surface area is 234 Å². The van der Waals surface area contributed by atoms with Crippen molar-refractivity contribution in [1.29, 1.82) is 0 Å². The molecule has 0 bridgehead atoms. The molecule has 0 radical (unpaired) electrons. The maximum absolute atomic E-state index is 11.7. The lowest BCUT2D eigenvalue weighted by Gasteiger charge is -2.09. The molecule has 2 heterocycles. The molecule has 5 nitrogen and oxygen atoms in total. The van der Waals surface area contributed by atoms with E-state index in [1.54, 1.807) is 29.5 Å². The monoisotopic (exact) mass is 535 g/mol. The molecular formula is C34H21N3O2S. The summed E-state index contributed by atoms with van der Waals surface area (Å²) in [5, 5.41) is 12.7. The second kappa shape index (κ2) is 9.84. The highest BCUT2D eigenvalue weighted by Gasteiger charge is 2.19. The smallest absolute Gasteiger partial charge is 0.258 e. The first-order chi connectivity index (χ1) is 19.7. The predicted molar refractivity (Wildman–Crippen MR) is 163 cm³/mol. The molecule has 0 aliphatic heterocycles. The SMILES string of the molecule is O=[N+]([O-])c1ccccc1-c1ccc2c(c1)sc1c(-c3cccc(-c4ccccc4)c3)nc(-c3ccccc3)nc12. The molecule has 7 rings (SSSR count). The summed E-state index contributed by atoms with van der Waals surface area (Å²) in [5.74, 6) is 0.663. The summed E-state index contributed by atoms with van der Waals surface area (Å²) in [7, 11) is 0. The van der Waals surface area contributed by atoms with Crippen LogP contribution in [0, 0.1) is 10.1 Å². The van der Waals surface area contributed by atoms with Crippen LogP contribution in [-0.4, -0.2) is 14.9 Å². The molecular weight excluding hydrogens is 514 g/mol. The van der Waals surface area contributed by atoms with E-state index >= 15 is 0 Å². The third-order valence-electron chi connectivity index (χ3n) is 7.00. The highest BCUT2D eigenvalue weighted by molar-refractivity contribution is 7.26. The first-order valence-corrected chi connectivity index (χ1v) is 13.7. The Morgan fingerprint density at radius 2 is 1.27 bits per heavy atom. The Balaban J connectivity index is 1.47. The average molecular weight is 536 g/mol. The number of hydrogen-bond donors (Lipinski definition) is 0. The highest BCUT2D eigenvalue weighted by atomic mass is 32.1. The first-order valence-electron chi connectivity index (χ1n) is 12.8. The predicted octanol–water partition coefficient (Wildman–Crippen LogP) is 9.42. The standard InChI is InChI=1S/C34H21N3O2S/c38-37(39)29-17-8-7-16-27(29)25-18-19-28-30(21-25)40-33-31(35-34(36-32(28)33)23-12-5-2-6-13-23)26-15-9-14-24(20-26)22-10-3-1-4-11-22/h1-21H. The Morgan fingerprint density at radius 1 is 0.600 bits per heavy atom. The van der Waals surface area contributed by atoms with E-state index in [0.29, 0.717) is 11.4 Å². The number of nitrogens with zero attached hydrogens (tertiary/aromatic N) is 3. The van der Waals surface area contributed by atoms with Gasteiger partial charge < -0.3 is 0 Å². The van der Waals surface area contributed by atoms with Gasteiger partial charge in [0.25, 0.3) is 5.69 Å². The van der Waals surface area contributed by atoms with Gasteiger partial charge in [-0.15, -0.1) is 11.3 Å². The number of para-hydroxylation sites is 1. The van der Waals surface area contributed by atoms with Gasteiger partial charge in [0.05, 0.1) is 26.4 Å². The van der Waals surface area contributed by atoms with Gasteiger partial charge in [0.1, 0.15) is 0 Å². The molecule has 6 heteroatoms. The molecule has 0 atom stereocenters. The van der Waals surface area contributed by atoms with Gasteiger partial charge in [-0.2, -0.15) is 0 Å². The van der Waals surface area contributed by atoms with E-state index in [-0.39, 0.29) is 10.6 Å². The van der Waals surface area contributed by atoms with Gasteiger partial charge in [-0.25, -0.2) is 9.97 Å². The van der Waals surface area contributed by atoms with E-state index in [0.717, 1.165) is 53.8 Å². The number of aromatic nitrogens is 2. The largest absolute Gasteiger partial charge is 0.277 e. The number of thiophene rings is 1. The average Bonchev–Trinajstić information content (AvgIpc) is 3.39. The molecule has 5 aromatic carbocycles. The second-order valence-corrected chi connectivity index (χ2v) is 10.5. The van der Waals surface area contributed by atoms with Gasteiger partial charge in [0.2, 0.25) is 0 Å². The fourth-order valence-corrected chi connectivity index (χ4v) is 6.27. The molecule has 190 valence electrons. The van der Waals surface area contributed by atoms with Crippen LogP contribution in [0.4, 0.5) is 5.69 Å². The Kier molecular flexibility index (Phi) is 5.87. The second-order valence-electron chi connectivity index (χ2n) is 9.47. The molecule has 0 saturated carbocycles. The normalized spacial score (nSPS) is 11.2. The minimum absolute atomic E-state index is 0.0903. The summed E-state index contributed by atoms with van der Waals surface area (Å²) in [6.07, 6.45) is 0. The third-order valence-corrected chi connectivity index (χ3v) is 8.15. The number of rotatable bonds is 5. The summed E-state index contributed by atoms with van der Waals surface area (Å²) in [4.78, 5) is 21.5. The molecule has 0 fully saturated rings. The molecule has 0 aliphatic rings. The van der Waals surface area contributed by atoms with Crippen molar-refractivity contribution in [2.45, 2.75) is 0 Å². The third kappa shape index (κ3) is 4.21. The van der Waals surface area contributed by atoms with Crippen molar-refractivity contribution in [2.75, 3.05) is 0 Å². The number of benzene rings is 5. The topological polar surface area (TPSA) is 68.9 Å².